The summed E-state index contributed by atoms with van der Waals surface area (Å²) in [6.45, 7) is 1.39. The van der Waals surface area contributed by atoms with Crippen LogP contribution in [0.4, 0.5) is 0 Å². The molecule has 1 aliphatic heterocycles. The fourth-order valence-corrected chi connectivity index (χ4v) is 3.76. The summed E-state index contributed by atoms with van der Waals surface area (Å²) in [5, 5.41) is 4.53. The van der Waals surface area contributed by atoms with Gasteiger partial charge in [0.05, 0.1) is 11.1 Å². The van der Waals surface area contributed by atoms with E-state index in [1.807, 2.05) is 0 Å². The number of halogens is 2. The number of ether oxygens (including phenoxy) is 1. The number of alkyl halides is 2. The maximum absolute atomic E-state index is 12.0. The van der Waals surface area contributed by atoms with Crippen LogP contribution in [0.3, 0.4) is 0 Å². The standard InChI is InChI=1S/C15H20Cl2N2O2/c16-11-4-3-10(8-12(11)17)9-19-15(20)6-5-13(18-19)14-2-1-7-21-14/h5-6,10-12,14H,1-4,7-9H2. The van der Waals surface area contributed by atoms with Gasteiger partial charge in [-0.3, -0.25) is 4.79 Å². The second-order valence-corrected chi connectivity index (χ2v) is 7.11. The van der Waals surface area contributed by atoms with Gasteiger partial charge in [0.15, 0.2) is 0 Å². The monoisotopic (exact) mass is 330 g/mol. The van der Waals surface area contributed by atoms with Gasteiger partial charge in [0, 0.05) is 24.6 Å². The molecule has 1 aromatic heterocycles. The van der Waals surface area contributed by atoms with Crippen molar-refractivity contribution in [3.63, 3.8) is 0 Å². The van der Waals surface area contributed by atoms with Crippen molar-refractivity contribution in [3.8, 4) is 0 Å². The summed E-state index contributed by atoms with van der Waals surface area (Å²) in [7, 11) is 0. The summed E-state index contributed by atoms with van der Waals surface area (Å²) in [6.07, 6.45) is 4.81. The summed E-state index contributed by atoms with van der Waals surface area (Å²) >= 11 is 12.4. The first kappa shape index (κ1) is 15.3. The predicted octanol–water partition coefficient (Wildman–Crippen LogP) is 3.11. The fourth-order valence-electron chi connectivity index (χ4n) is 3.15. The van der Waals surface area contributed by atoms with E-state index in [0.717, 1.165) is 44.4 Å². The molecular weight excluding hydrogens is 311 g/mol. The highest BCUT2D eigenvalue weighted by Crippen LogP contribution is 2.32. The van der Waals surface area contributed by atoms with Crippen molar-refractivity contribution in [2.24, 2.45) is 5.92 Å². The van der Waals surface area contributed by atoms with Crippen LogP contribution in [0.25, 0.3) is 0 Å². The Morgan fingerprint density at radius 1 is 1.24 bits per heavy atom. The van der Waals surface area contributed by atoms with Crippen molar-refractivity contribution in [1.82, 2.24) is 9.78 Å². The molecule has 21 heavy (non-hydrogen) atoms. The van der Waals surface area contributed by atoms with Crippen LogP contribution in [-0.2, 0) is 11.3 Å². The van der Waals surface area contributed by atoms with Crippen molar-refractivity contribution in [2.75, 3.05) is 6.61 Å². The molecule has 4 unspecified atom stereocenters. The van der Waals surface area contributed by atoms with Crippen molar-refractivity contribution < 1.29 is 4.74 Å². The second kappa shape index (κ2) is 6.67. The highest BCUT2D eigenvalue weighted by atomic mass is 35.5. The molecule has 4 atom stereocenters. The lowest BCUT2D eigenvalue weighted by molar-refractivity contribution is 0.106. The molecule has 2 aliphatic rings. The first-order valence-electron chi connectivity index (χ1n) is 7.61. The molecule has 0 spiro atoms. The van der Waals surface area contributed by atoms with Crippen LogP contribution < -0.4 is 5.56 Å². The quantitative estimate of drug-likeness (QED) is 0.800. The van der Waals surface area contributed by atoms with Crippen LogP contribution in [0.5, 0.6) is 0 Å². The minimum Gasteiger partial charge on any atom is -0.372 e. The van der Waals surface area contributed by atoms with Gasteiger partial charge in [-0.1, -0.05) is 0 Å². The van der Waals surface area contributed by atoms with Crippen LogP contribution >= 0.6 is 23.2 Å². The summed E-state index contributed by atoms with van der Waals surface area (Å²) in [5.74, 6) is 0.368. The highest BCUT2D eigenvalue weighted by Gasteiger charge is 2.28. The Kier molecular flexibility index (Phi) is 4.87. The minimum atomic E-state index is -0.0594. The van der Waals surface area contributed by atoms with Gasteiger partial charge in [-0.05, 0) is 44.1 Å². The summed E-state index contributed by atoms with van der Waals surface area (Å²) in [6, 6.07) is 3.38. The van der Waals surface area contributed by atoms with Gasteiger partial charge in [0.1, 0.15) is 6.10 Å². The SMILES string of the molecule is O=c1ccc(C2CCCO2)nn1CC1CCC(Cl)C(Cl)C1. The number of nitrogens with zero attached hydrogens (tertiary/aromatic N) is 2. The van der Waals surface area contributed by atoms with Gasteiger partial charge in [0.2, 0.25) is 0 Å². The molecule has 0 amide bonds. The van der Waals surface area contributed by atoms with E-state index < -0.39 is 0 Å². The van der Waals surface area contributed by atoms with Crippen molar-refractivity contribution in [3.05, 3.63) is 28.2 Å². The molecule has 1 aromatic rings. The van der Waals surface area contributed by atoms with E-state index in [1.165, 1.54) is 0 Å². The van der Waals surface area contributed by atoms with Gasteiger partial charge in [-0.25, -0.2) is 4.68 Å². The van der Waals surface area contributed by atoms with Crippen LogP contribution in [0.2, 0.25) is 0 Å². The highest BCUT2D eigenvalue weighted by molar-refractivity contribution is 6.30. The van der Waals surface area contributed by atoms with Crippen molar-refractivity contribution in [1.29, 1.82) is 0 Å². The third-order valence-electron chi connectivity index (χ3n) is 4.38. The maximum atomic E-state index is 12.0. The number of hydrogen-bond acceptors (Lipinski definition) is 3. The van der Waals surface area contributed by atoms with Crippen LogP contribution in [0, 0.1) is 5.92 Å². The first-order chi connectivity index (χ1) is 10.1. The van der Waals surface area contributed by atoms with Gasteiger partial charge in [0.25, 0.3) is 5.56 Å². The fraction of sp³-hybridized carbons (Fsp3) is 0.733. The Morgan fingerprint density at radius 2 is 2.10 bits per heavy atom. The molecule has 0 N–H and O–H groups in total. The third kappa shape index (κ3) is 3.61. The molecular formula is C15H20Cl2N2O2. The Morgan fingerprint density at radius 3 is 2.81 bits per heavy atom. The van der Waals surface area contributed by atoms with E-state index in [2.05, 4.69) is 5.10 Å². The average Bonchev–Trinajstić information content (AvgIpc) is 2.99. The molecule has 2 fully saturated rings. The first-order valence-corrected chi connectivity index (χ1v) is 8.48. The van der Waals surface area contributed by atoms with E-state index in [0.29, 0.717) is 12.5 Å². The molecule has 0 aromatic carbocycles. The molecule has 0 radical (unpaired) electrons. The third-order valence-corrected chi connectivity index (χ3v) is 5.51. The molecule has 116 valence electrons. The van der Waals surface area contributed by atoms with Crippen molar-refractivity contribution >= 4 is 23.2 Å². The zero-order valence-corrected chi connectivity index (χ0v) is 13.4. The molecule has 0 bridgehead atoms. The number of hydrogen-bond donors (Lipinski definition) is 0. The number of aromatic nitrogens is 2. The summed E-state index contributed by atoms with van der Waals surface area (Å²) in [5.41, 5.74) is 0.802. The molecule has 1 saturated carbocycles. The van der Waals surface area contributed by atoms with Crippen LogP contribution in [0.1, 0.15) is 43.9 Å². The van der Waals surface area contributed by atoms with Gasteiger partial charge in [-0.2, -0.15) is 5.10 Å². The van der Waals surface area contributed by atoms with Gasteiger partial charge < -0.3 is 4.74 Å². The topological polar surface area (TPSA) is 44.1 Å². The van der Waals surface area contributed by atoms with Crippen LogP contribution in [0.15, 0.2) is 16.9 Å². The molecule has 1 saturated heterocycles. The molecule has 6 heteroatoms. The minimum absolute atomic E-state index is 0.0116. The van der Waals surface area contributed by atoms with Crippen LogP contribution in [-0.4, -0.2) is 27.1 Å². The van der Waals surface area contributed by atoms with E-state index in [-0.39, 0.29) is 22.4 Å². The predicted molar refractivity (Wildman–Crippen MR) is 83.0 cm³/mol. The maximum Gasteiger partial charge on any atom is 0.266 e. The normalized spacial score (nSPS) is 33.2. The number of rotatable bonds is 3. The smallest absolute Gasteiger partial charge is 0.266 e. The van der Waals surface area contributed by atoms with E-state index >= 15 is 0 Å². The van der Waals surface area contributed by atoms with E-state index in [4.69, 9.17) is 27.9 Å². The second-order valence-electron chi connectivity index (χ2n) is 5.99. The van der Waals surface area contributed by atoms with Crippen molar-refractivity contribution in [2.45, 2.75) is 55.5 Å². The lowest BCUT2D eigenvalue weighted by Crippen LogP contribution is -2.32. The Balaban J connectivity index is 1.72. The Bertz CT molecular complexity index is 543. The molecule has 1 aliphatic carbocycles. The summed E-state index contributed by atoms with van der Waals surface area (Å²) < 4.78 is 7.21. The molecule has 4 nitrogen and oxygen atoms in total. The average molecular weight is 331 g/mol. The molecule has 2 heterocycles. The molecule has 3 rings (SSSR count). The lowest BCUT2D eigenvalue weighted by Gasteiger charge is -2.29. The zero-order chi connectivity index (χ0) is 14.8. The Labute approximate surface area is 134 Å². The van der Waals surface area contributed by atoms with E-state index in [9.17, 15) is 4.79 Å². The summed E-state index contributed by atoms with van der Waals surface area (Å²) in [4.78, 5) is 12.0. The van der Waals surface area contributed by atoms with Gasteiger partial charge in [-0.15, -0.1) is 23.2 Å². The lowest BCUT2D eigenvalue weighted by atomic mass is 9.88. The van der Waals surface area contributed by atoms with E-state index in [1.54, 1.807) is 16.8 Å². The largest absolute Gasteiger partial charge is 0.372 e. The Hall–Kier alpha value is -0.580. The zero-order valence-electron chi connectivity index (χ0n) is 11.9. The van der Waals surface area contributed by atoms with Gasteiger partial charge >= 0.3 is 0 Å².